The number of hydrogen-bond acceptors (Lipinski definition) is 25. The van der Waals surface area contributed by atoms with Crippen molar-refractivity contribution in [3.05, 3.63) is 395 Å². The number of nitrogens with zero attached hydrogens (tertiary/aromatic N) is 1. The summed E-state index contributed by atoms with van der Waals surface area (Å²) in [5, 5.41) is 10.7. The molecule has 11 aromatic carbocycles. The minimum absolute atomic E-state index is 0.0102. The fourth-order valence-corrected chi connectivity index (χ4v) is 14.7. The van der Waals surface area contributed by atoms with Crippen LogP contribution in [-0.4, -0.2) is 165 Å². The Hall–Kier alpha value is -13.7. The van der Waals surface area contributed by atoms with Crippen molar-refractivity contribution < 1.29 is 114 Å². The lowest BCUT2D eigenvalue weighted by Crippen LogP contribution is -2.51. The molecule has 25 heteroatoms. The fraction of sp³-hybridized carbons (Fsp3) is 0.219. The predicted octanol–water partition coefficient (Wildman–Crippen LogP) is 13.7. The van der Waals surface area contributed by atoms with Crippen LogP contribution in [-0.2, 0) is 81.4 Å². The molecular weight excluding hydrogens is 1550 g/mol. The largest absolute Gasteiger partial charge is 0.458 e. The molecular formula is C96H79NO24. The topological polar surface area (TPSA) is 308 Å². The van der Waals surface area contributed by atoms with Gasteiger partial charge < -0.3 is 75.8 Å². The van der Waals surface area contributed by atoms with Crippen LogP contribution in [0.5, 0.6) is 0 Å². The number of ether oxygens (including phenoxy) is 16. The molecule has 0 bridgehead atoms. The maximum Gasteiger partial charge on any atom is 0.338 e. The van der Waals surface area contributed by atoms with E-state index in [2.05, 4.69) is 0 Å². The van der Waals surface area contributed by atoms with E-state index < -0.39 is 171 Å². The zero-order valence-electron chi connectivity index (χ0n) is 64.8. The highest BCUT2D eigenvalue weighted by Crippen LogP contribution is 2.46. The fourth-order valence-electron chi connectivity index (χ4n) is 14.7. The number of rotatable bonds is 31. The van der Waals surface area contributed by atoms with Crippen LogP contribution in [0.4, 0.5) is 0 Å². The molecule has 0 spiro atoms. The summed E-state index contributed by atoms with van der Waals surface area (Å²) in [5.41, 5.74) is 0.397. The van der Waals surface area contributed by atoms with Crippen molar-refractivity contribution in [3.8, 4) is 6.07 Å². The second kappa shape index (κ2) is 38.4. The zero-order valence-corrected chi connectivity index (χ0v) is 64.8. The van der Waals surface area contributed by atoms with E-state index in [1.54, 1.807) is 146 Å². The summed E-state index contributed by atoms with van der Waals surface area (Å²) < 4.78 is 108. The predicted molar refractivity (Wildman–Crippen MR) is 428 cm³/mol. The number of carbonyl (C=O) groups is 8. The van der Waals surface area contributed by atoms with Crippen molar-refractivity contribution in [2.75, 3.05) is 19.8 Å². The second-order valence-corrected chi connectivity index (χ2v) is 28.5. The average Bonchev–Trinajstić information content (AvgIpc) is 1.68. The minimum Gasteiger partial charge on any atom is -0.458 e. The van der Waals surface area contributed by atoms with E-state index >= 15 is 24.0 Å². The van der Waals surface area contributed by atoms with Crippen molar-refractivity contribution in [2.24, 2.45) is 0 Å². The van der Waals surface area contributed by atoms with Crippen molar-refractivity contribution in [3.63, 3.8) is 0 Å². The highest BCUT2D eigenvalue weighted by molar-refractivity contribution is 5.93. The van der Waals surface area contributed by atoms with Gasteiger partial charge in [-0.2, -0.15) is 5.26 Å². The van der Waals surface area contributed by atoms with Gasteiger partial charge in [0.1, 0.15) is 61.5 Å². The molecule has 4 aliphatic heterocycles. The highest BCUT2D eigenvalue weighted by Gasteiger charge is 2.65. The van der Waals surface area contributed by atoms with Crippen LogP contribution in [0, 0.1) is 11.3 Å². The lowest BCUT2D eigenvalue weighted by atomic mass is 9.80. The number of nitriles is 1. The van der Waals surface area contributed by atoms with E-state index in [-0.39, 0.29) is 44.5 Å². The van der Waals surface area contributed by atoms with Gasteiger partial charge in [0, 0.05) is 6.92 Å². The van der Waals surface area contributed by atoms with Gasteiger partial charge in [0.2, 0.25) is 0 Å². The molecule has 0 saturated carbocycles. The molecule has 0 aliphatic carbocycles. The van der Waals surface area contributed by atoms with Crippen LogP contribution in [0.2, 0.25) is 0 Å². The molecule has 4 fully saturated rings. The standard InChI is InChI=1S/C96H79NO24/c1-95(60-97)120-83-80(76(117-94(83)121-95)73(110-87(101)64-41-19-5-20-42-64)58-107-85(99)62-37-15-3-16-38-62)119-93-82(114-91(105)68-49-27-9-28-50-68)79(75(115-93)72(109-86(100)63-39-17-4-18-40-63)57-106-84(98)61-35-13-2-14-36-61)118-92-81(113-90(104)67-47-25-8-26-48-67)78(112-89(103)66-45-23-7-24-46-66)77(116-92)74(111-88(102)65-43-21-6-22-44-65)59-108-96(69-51-29-10-30-52-69,70-53-31-11-32-54-70)71-55-33-12-34-56-71/h2-56,72-83,92-94H,57-59H2,1H3. The molecule has 16 unspecified atom stereocenters. The lowest BCUT2D eigenvalue weighted by Gasteiger charge is -2.38. The third-order valence-corrected chi connectivity index (χ3v) is 20.6. The SMILES string of the molecule is CC1(C#N)OC2OC(C(COC(=O)c3ccccc3)OC(=O)c3ccccc3)C(OC3OC(C(COC(=O)c4ccccc4)OC(=O)c4ccccc4)C(OC4OC(C(COC(c5ccccc5)(c5ccccc5)c5ccccc5)OC(=O)c5ccccc5)C(OC(=O)c5ccccc5)C4OC(=O)c4ccccc4)C3OC(=O)c3ccccc3)C2O1. The van der Waals surface area contributed by atoms with Crippen LogP contribution in [0.1, 0.15) is 106 Å². The van der Waals surface area contributed by atoms with Gasteiger partial charge in [-0.15, -0.1) is 0 Å². The van der Waals surface area contributed by atoms with Gasteiger partial charge in [0.25, 0.3) is 5.79 Å². The van der Waals surface area contributed by atoms with Crippen LogP contribution < -0.4 is 0 Å². The second-order valence-electron chi connectivity index (χ2n) is 28.5. The molecule has 11 aromatic rings. The van der Waals surface area contributed by atoms with Crippen molar-refractivity contribution >= 4 is 47.8 Å². The van der Waals surface area contributed by atoms with Crippen molar-refractivity contribution in [1.82, 2.24) is 0 Å². The first kappa shape index (κ1) is 82.5. The summed E-state index contributed by atoms with van der Waals surface area (Å²) >= 11 is 0. The number of benzene rings is 11. The maximum atomic E-state index is 15.5. The summed E-state index contributed by atoms with van der Waals surface area (Å²) in [6.45, 7) is -0.986. The summed E-state index contributed by atoms with van der Waals surface area (Å²) in [7, 11) is 0. The molecule has 4 heterocycles. The Morgan fingerprint density at radius 3 is 0.917 bits per heavy atom. The summed E-state index contributed by atoms with van der Waals surface area (Å²) in [4.78, 5) is 120. The first-order valence-corrected chi connectivity index (χ1v) is 39.0. The third kappa shape index (κ3) is 19.2. The number of esters is 8. The molecule has 0 N–H and O–H groups in total. The summed E-state index contributed by atoms with van der Waals surface area (Å²) in [5.74, 6) is -9.90. The molecule has 612 valence electrons. The van der Waals surface area contributed by atoms with E-state index in [9.17, 15) is 19.6 Å². The van der Waals surface area contributed by atoms with Gasteiger partial charge in [0.15, 0.2) is 55.5 Å². The minimum atomic E-state index is -2.19. The Morgan fingerprint density at radius 2 is 0.587 bits per heavy atom. The third-order valence-electron chi connectivity index (χ3n) is 20.6. The first-order chi connectivity index (χ1) is 59.1. The first-order valence-electron chi connectivity index (χ1n) is 39.0. The van der Waals surface area contributed by atoms with E-state index in [1.807, 2.05) is 97.1 Å². The van der Waals surface area contributed by atoms with E-state index in [4.69, 9.17) is 75.8 Å². The monoisotopic (exact) mass is 1630 g/mol. The van der Waals surface area contributed by atoms with Gasteiger partial charge in [-0.25, -0.2) is 38.4 Å². The average molecular weight is 1630 g/mol. The van der Waals surface area contributed by atoms with Crippen LogP contribution >= 0.6 is 0 Å². The quantitative estimate of drug-likeness (QED) is 0.0221. The van der Waals surface area contributed by atoms with Crippen LogP contribution in [0.25, 0.3) is 0 Å². The number of carbonyl (C=O) groups excluding carboxylic acids is 8. The Bertz CT molecular complexity index is 5280. The number of fused-ring (bicyclic) bond motifs is 1. The Labute approximate surface area is 694 Å². The van der Waals surface area contributed by atoms with Crippen molar-refractivity contribution in [2.45, 2.75) is 110 Å². The molecule has 0 amide bonds. The van der Waals surface area contributed by atoms with Gasteiger partial charge >= 0.3 is 47.8 Å². The van der Waals surface area contributed by atoms with Gasteiger partial charge in [-0.1, -0.05) is 237 Å². The molecule has 0 radical (unpaired) electrons. The molecule has 25 nitrogen and oxygen atoms in total. The summed E-state index contributed by atoms with van der Waals surface area (Å²) in [6, 6.07) is 92.1. The maximum absolute atomic E-state index is 15.5. The molecule has 16 atom stereocenters. The highest BCUT2D eigenvalue weighted by atomic mass is 16.9. The van der Waals surface area contributed by atoms with Crippen LogP contribution in [0.3, 0.4) is 0 Å². The van der Waals surface area contributed by atoms with E-state index in [0.717, 1.165) is 0 Å². The van der Waals surface area contributed by atoms with Crippen molar-refractivity contribution in [1.29, 1.82) is 5.26 Å². The Kier molecular flexibility index (Phi) is 26.2. The van der Waals surface area contributed by atoms with Crippen LogP contribution in [0.15, 0.2) is 334 Å². The van der Waals surface area contributed by atoms with Gasteiger partial charge in [-0.05, 0) is 114 Å². The molecule has 121 heavy (non-hydrogen) atoms. The van der Waals surface area contributed by atoms with E-state index in [1.165, 1.54) is 104 Å². The smallest absolute Gasteiger partial charge is 0.338 e. The summed E-state index contributed by atoms with van der Waals surface area (Å²) in [6.07, 6.45) is -28.3. The zero-order chi connectivity index (χ0) is 83.7. The molecule has 0 aromatic heterocycles. The number of hydrogen-bond donors (Lipinski definition) is 0. The van der Waals surface area contributed by atoms with Gasteiger partial charge in [-0.3, -0.25) is 0 Å². The Morgan fingerprint density at radius 1 is 0.322 bits per heavy atom. The molecule has 15 rings (SSSR count). The normalized spacial score (nSPS) is 22.8. The Balaban J connectivity index is 0.912. The van der Waals surface area contributed by atoms with Gasteiger partial charge in [0.05, 0.1) is 51.1 Å². The van der Waals surface area contributed by atoms with E-state index in [0.29, 0.717) is 16.7 Å². The molecule has 4 aliphatic rings. The lowest BCUT2D eigenvalue weighted by molar-refractivity contribution is -0.252. The molecule has 4 saturated heterocycles.